The minimum atomic E-state index is -1.12. The Bertz CT molecular complexity index is 864. The molecule has 1 fully saturated rings. The van der Waals surface area contributed by atoms with E-state index in [4.69, 9.17) is 9.47 Å². The molecule has 1 heterocycles. The fraction of sp³-hybridized carbons (Fsp3) is 0.222. The lowest BCUT2D eigenvalue weighted by Gasteiger charge is -2.15. The highest BCUT2D eigenvalue weighted by Gasteiger charge is 2.56. The van der Waals surface area contributed by atoms with E-state index in [1.165, 1.54) is 18.2 Å². The van der Waals surface area contributed by atoms with Crippen molar-refractivity contribution in [2.45, 2.75) is 12.8 Å². The SMILES string of the molecule is O=C(Nc1cccc(F)c1)C1(C(=O)Nc2ccc3c(c2)OCO3)CC1. The molecule has 0 atom stereocenters. The zero-order valence-corrected chi connectivity index (χ0v) is 13.2. The second-order valence-corrected chi connectivity index (χ2v) is 6.07. The maximum Gasteiger partial charge on any atom is 0.240 e. The van der Waals surface area contributed by atoms with Crippen LogP contribution in [0.2, 0.25) is 0 Å². The highest BCUT2D eigenvalue weighted by molar-refractivity contribution is 6.16. The van der Waals surface area contributed by atoms with E-state index in [-0.39, 0.29) is 12.7 Å². The van der Waals surface area contributed by atoms with Crippen molar-refractivity contribution in [1.82, 2.24) is 0 Å². The van der Waals surface area contributed by atoms with Crippen molar-refractivity contribution < 1.29 is 23.5 Å². The van der Waals surface area contributed by atoms with E-state index < -0.39 is 17.1 Å². The number of fused-ring (bicyclic) bond motifs is 1. The van der Waals surface area contributed by atoms with Gasteiger partial charge >= 0.3 is 0 Å². The molecule has 0 unspecified atom stereocenters. The van der Waals surface area contributed by atoms with Gasteiger partial charge in [-0.15, -0.1) is 0 Å². The largest absolute Gasteiger partial charge is 0.454 e. The summed E-state index contributed by atoms with van der Waals surface area (Å²) >= 11 is 0. The molecule has 4 rings (SSSR count). The third kappa shape index (κ3) is 2.88. The van der Waals surface area contributed by atoms with Gasteiger partial charge in [0.15, 0.2) is 11.5 Å². The van der Waals surface area contributed by atoms with Crippen molar-refractivity contribution in [1.29, 1.82) is 0 Å². The van der Waals surface area contributed by atoms with Gasteiger partial charge in [0.25, 0.3) is 0 Å². The van der Waals surface area contributed by atoms with E-state index in [1.54, 1.807) is 24.3 Å². The monoisotopic (exact) mass is 342 g/mol. The zero-order valence-electron chi connectivity index (χ0n) is 13.2. The van der Waals surface area contributed by atoms with Gasteiger partial charge in [0.2, 0.25) is 18.6 Å². The first-order chi connectivity index (χ1) is 12.1. The zero-order chi connectivity index (χ0) is 17.4. The predicted octanol–water partition coefficient (Wildman–Crippen LogP) is 2.91. The first kappa shape index (κ1) is 15.4. The van der Waals surface area contributed by atoms with E-state index in [9.17, 15) is 14.0 Å². The highest BCUT2D eigenvalue weighted by atomic mass is 19.1. The molecule has 2 aromatic carbocycles. The van der Waals surface area contributed by atoms with E-state index in [1.807, 2.05) is 0 Å². The van der Waals surface area contributed by atoms with Gasteiger partial charge in [0.1, 0.15) is 11.2 Å². The number of amides is 2. The Hall–Kier alpha value is -3.09. The molecule has 7 heteroatoms. The molecule has 1 saturated carbocycles. The molecule has 2 amide bonds. The lowest BCUT2D eigenvalue weighted by atomic mass is 10.0. The molecule has 2 aromatic rings. The summed E-state index contributed by atoms with van der Waals surface area (Å²) in [6.07, 6.45) is 0.898. The number of halogens is 1. The molecule has 2 aliphatic rings. The van der Waals surface area contributed by atoms with Crippen molar-refractivity contribution in [2.24, 2.45) is 5.41 Å². The van der Waals surface area contributed by atoms with E-state index in [2.05, 4.69) is 10.6 Å². The molecule has 0 aromatic heterocycles. The summed E-state index contributed by atoms with van der Waals surface area (Å²) in [4.78, 5) is 25.1. The van der Waals surface area contributed by atoms with Crippen LogP contribution in [-0.4, -0.2) is 18.6 Å². The number of hydrogen-bond donors (Lipinski definition) is 2. The normalized spacial score (nSPS) is 16.2. The highest BCUT2D eigenvalue weighted by Crippen LogP contribution is 2.48. The van der Waals surface area contributed by atoms with Crippen LogP contribution < -0.4 is 20.1 Å². The van der Waals surface area contributed by atoms with Gasteiger partial charge < -0.3 is 20.1 Å². The minimum absolute atomic E-state index is 0.146. The minimum Gasteiger partial charge on any atom is -0.454 e. The number of hydrogen-bond acceptors (Lipinski definition) is 4. The molecular weight excluding hydrogens is 327 g/mol. The Balaban J connectivity index is 1.46. The number of rotatable bonds is 4. The molecule has 128 valence electrons. The van der Waals surface area contributed by atoms with E-state index in [0.717, 1.165) is 0 Å². The van der Waals surface area contributed by atoms with Crippen molar-refractivity contribution in [3.8, 4) is 11.5 Å². The van der Waals surface area contributed by atoms with Gasteiger partial charge in [0, 0.05) is 17.4 Å². The van der Waals surface area contributed by atoms with Gasteiger partial charge in [-0.05, 0) is 43.2 Å². The second-order valence-electron chi connectivity index (χ2n) is 6.07. The molecule has 0 spiro atoms. The maximum atomic E-state index is 13.2. The number of carbonyl (C=O) groups excluding carboxylic acids is 2. The number of benzene rings is 2. The summed E-state index contributed by atoms with van der Waals surface area (Å²) in [5, 5.41) is 5.35. The maximum absolute atomic E-state index is 13.2. The Morgan fingerprint density at radius 2 is 1.60 bits per heavy atom. The average molecular weight is 342 g/mol. The third-order valence-corrected chi connectivity index (χ3v) is 4.33. The van der Waals surface area contributed by atoms with Gasteiger partial charge in [-0.1, -0.05) is 6.07 Å². The summed E-state index contributed by atoms with van der Waals surface area (Å²) in [6, 6.07) is 10.6. The van der Waals surface area contributed by atoms with Gasteiger partial charge in [-0.25, -0.2) is 4.39 Å². The molecule has 2 N–H and O–H groups in total. The first-order valence-corrected chi connectivity index (χ1v) is 7.85. The average Bonchev–Trinajstić information content (AvgIpc) is 3.28. The predicted molar refractivity (Wildman–Crippen MR) is 87.9 cm³/mol. The quantitative estimate of drug-likeness (QED) is 0.838. The summed E-state index contributed by atoms with van der Waals surface area (Å²) in [5.74, 6) is -0.112. The van der Waals surface area contributed by atoms with E-state index in [0.29, 0.717) is 35.7 Å². The molecule has 0 saturated heterocycles. The summed E-state index contributed by atoms with van der Waals surface area (Å²) in [6.45, 7) is 0.146. The molecule has 1 aliphatic heterocycles. The lowest BCUT2D eigenvalue weighted by Crippen LogP contribution is -2.35. The van der Waals surface area contributed by atoms with Gasteiger partial charge in [-0.3, -0.25) is 9.59 Å². The molecule has 6 nitrogen and oxygen atoms in total. The first-order valence-electron chi connectivity index (χ1n) is 7.85. The van der Waals surface area contributed by atoms with Crippen LogP contribution in [0.15, 0.2) is 42.5 Å². The number of anilines is 2. The second kappa shape index (κ2) is 5.77. The van der Waals surface area contributed by atoms with Crippen LogP contribution in [0.4, 0.5) is 15.8 Å². The summed E-state index contributed by atoms with van der Waals surface area (Å²) < 4.78 is 23.7. The molecule has 25 heavy (non-hydrogen) atoms. The van der Waals surface area contributed by atoms with Crippen molar-refractivity contribution in [2.75, 3.05) is 17.4 Å². The van der Waals surface area contributed by atoms with Crippen LogP contribution in [0.3, 0.4) is 0 Å². The van der Waals surface area contributed by atoms with E-state index >= 15 is 0 Å². The Morgan fingerprint density at radius 3 is 2.28 bits per heavy atom. The van der Waals surface area contributed by atoms with Crippen molar-refractivity contribution in [3.05, 3.63) is 48.3 Å². The third-order valence-electron chi connectivity index (χ3n) is 4.33. The molecular formula is C18H15FN2O4. The smallest absolute Gasteiger partial charge is 0.240 e. The van der Waals surface area contributed by atoms with Crippen LogP contribution in [0.5, 0.6) is 11.5 Å². The Labute approximate surface area is 142 Å². The Kier molecular flexibility index (Phi) is 3.56. The molecule has 0 bridgehead atoms. The number of carbonyl (C=O) groups is 2. The van der Waals surface area contributed by atoms with Crippen LogP contribution in [0.25, 0.3) is 0 Å². The van der Waals surface area contributed by atoms with Crippen molar-refractivity contribution >= 4 is 23.2 Å². The lowest BCUT2D eigenvalue weighted by molar-refractivity contribution is -0.131. The fourth-order valence-electron chi connectivity index (χ4n) is 2.72. The molecule has 1 aliphatic carbocycles. The number of nitrogens with one attached hydrogen (secondary N) is 2. The van der Waals surface area contributed by atoms with Crippen molar-refractivity contribution in [3.63, 3.8) is 0 Å². The van der Waals surface area contributed by atoms with Gasteiger partial charge in [0.05, 0.1) is 0 Å². The summed E-state index contributed by atoms with van der Waals surface area (Å²) in [5.41, 5.74) is -0.269. The topological polar surface area (TPSA) is 76.7 Å². The van der Waals surface area contributed by atoms with Crippen LogP contribution >= 0.6 is 0 Å². The standard InChI is InChI=1S/C18H15FN2O4/c19-11-2-1-3-12(8-11)20-16(22)18(6-7-18)17(23)21-13-4-5-14-15(9-13)25-10-24-14/h1-5,8-9H,6-7,10H2,(H,20,22)(H,21,23). The van der Waals surface area contributed by atoms with Crippen LogP contribution in [-0.2, 0) is 9.59 Å². The van der Waals surface area contributed by atoms with Crippen LogP contribution in [0, 0.1) is 11.2 Å². The number of ether oxygens (including phenoxy) is 2. The molecule has 0 radical (unpaired) electrons. The summed E-state index contributed by atoms with van der Waals surface area (Å²) in [7, 11) is 0. The van der Waals surface area contributed by atoms with Crippen LogP contribution in [0.1, 0.15) is 12.8 Å². The Morgan fingerprint density at radius 1 is 0.920 bits per heavy atom. The van der Waals surface area contributed by atoms with Gasteiger partial charge in [-0.2, -0.15) is 0 Å². The fourth-order valence-corrected chi connectivity index (χ4v) is 2.72.